The fraction of sp³-hybridized carbons (Fsp3) is 0.333. The molecule has 0 radical (unpaired) electrons. The van der Waals surface area contributed by atoms with Gasteiger partial charge in [-0.3, -0.25) is 9.69 Å². The van der Waals surface area contributed by atoms with Crippen molar-refractivity contribution >= 4 is 17.6 Å². The van der Waals surface area contributed by atoms with Gasteiger partial charge in [0.15, 0.2) is 6.04 Å². The Balaban J connectivity index is 2.28. The quantitative estimate of drug-likeness (QED) is 0.478. The van der Waals surface area contributed by atoms with Crippen molar-refractivity contribution < 1.29 is 19.1 Å². The highest BCUT2D eigenvalue weighted by Gasteiger charge is 2.48. The monoisotopic (exact) mass is 275 g/mol. The molecule has 106 valence electrons. The summed E-state index contributed by atoms with van der Waals surface area (Å²) in [6.07, 6.45) is 1.66. The third-order valence-corrected chi connectivity index (χ3v) is 3.19. The van der Waals surface area contributed by atoms with Gasteiger partial charge >= 0.3 is 5.97 Å². The lowest BCUT2D eigenvalue weighted by atomic mass is 9.93. The molecule has 1 atom stereocenters. The zero-order valence-electron chi connectivity index (χ0n) is 11.8. The van der Waals surface area contributed by atoms with Gasteiger partial charge < -0.3 is 9.47 Å². The predicted octanol–water partition coefficient (Wildman–Crippen LogP) is 1.92. The fourth-order valence-electron chi connectivity index (χ4n) is 2.19. The number of β-lactam (4-membered cyclic amide) rings is 1. The lowest BCUT2D eigenvalue weighted by Crippen LogP contribution is -2.59. The molecule has 0 spiro atoms. The molecule has 1 fully saturated rings. The van der Waals surface area contributed by atoms with Crippen LogP contribution < -0.4 is 9.64 Å². The average Bonchev–Trinajstić information content (AvgIpc) is 2.46. The summed E-state index contributed by atoms with van der Waals surface area (Å²) in [4.78, 5) is 25.5. The van der Waals surface area contributed by atoms with Crippen LogP contribution in [-0.4, -0.2) is 31.6 Å². The van der Waals surface area contributed by atoms with Crippen LogP contribution >= 0.6 is 0 Å². The van der Waals surface area contributed by atoms with E-state index in [1.807, 2.05) is 0 Å². The number of rotatable bonds is 4. The number of hydrogen-bond acceptors (Lipinski definition) is 4. The number of esters is 1. The highest BCUT2D eigenvalue weighted by Crippen LogP contribution is 2.33. The molecule has 0 aliphatic carbocycles. The van der Waals surface area contributed by atoms with E-state index in [0.717, 1.165) is 0 Å². The topological polar surface area (TPSA) is 55.8 Å². The van der Waals surface area contributed by atoms with Gasteiger partial charge in [-0.25, -0.2) is 4.79 Å². The summed E-state index contributed by atoms with van der Waals surface area (Å²) in [7, 11) is 1.57. The van der Waals surface area contributed by atoms with Crippen molar-refractivity contribution in [3.8, 4) is 5.75 Å². The van der Waals surface area contributed by atoms with Crippen LogP contribution in [0, 0.1) is 0 Å². The first-order valence-corrected chi connectivity index (χ1v) is 6.44. The van der Waals surface area contributed by atoms with Gasteiger partial charge in [-0.2, -0.15) is 0 Å². The zero-order valence-corrected chi connectivity index (χ0v) is 11.8. The number of allylic oxidation sites excluding steroid dienone is 1. The van der Waals surface area contributed by atoms with Crippen molar-refractivity contribution in [3.63, 3.8) is 0 Å². The van der Waals surface area contributed by atoms with E-state index in [1.165, 1.54) is 4.90 Å². The number of nitrogens with zero attached hydrogens (tertiary/aromatic N) is 1. The minimum absolute atomic E-state index is 0.171. The molecule has 0 aromatic heterocycles. The van der Waals surface area contributed by atoms with Gasteiger partial charge in [0, 0.05) is 11.3 Å². The second kappa shape index (κ2) is 5.77. The number of methoxy groups -OCH3 is 1. The van der Waals surface area contributed by atoms with Crippen LogP contribution in [0.25, 0.3) is 0 Å². The van der Waals surface area contributed by atoms with Crippen molar-refractivity contribution in [2.75, 3.05) is 18.6 Å². The van der Waals surface area contributed by atoms with E-state index in [2.05, 4.69) is 0 Å². The minimum atomic E-state index is -0.652. The third-order valence-electron chi connectivity index (χ3n) is 3.19. The molecule has 2 rings (SSSR count). The summed E-state index contributed by atoms with van der Waals surface area (Å²) >= 11 is 0. The molecule has 0 bridgehead atoms. The molecule has 1 heterocycles. The summed E-state index contributed by atoms with van der Waals surface area (Å²) in [6, 6.07) is 6.34. The van der Waals surface area contributed by atoms with Crippen LogP contribution in [0.1, 0.15) is 13.8 Å². The van der Waals surface area contributed by atoms with E-state index in [-0.39, 0.29) is 12.5 Å². The highest BCUT2D eigenvalue weighted by atomic mass is 16.5. The number of amides is 1. The summed E-state index contributed by atoms with van der Waals surface area (Å²) in [5.74, 6) is 0.118. The molecule has 1 amide bonds. The first kappa shape index (κ1) is 14.1. The maximum atomic E-state index is 12.1. The Morgan fingerprint density at radius 3 is 2.50 bits per heavy atom. The first-order chi connectivity index (χ1) is 9.63. The smallest absolute Gasteiger partial charge is 0.334 e. The maximum Gasteiger partial charge on any atom is 0.334 e. The van der Waals surface area contributed by atoms with Crippen LogP contribution in [0.2, 0.25) is 0 Å². The SMILES string of the molecule is C/C=C1\C(=O)N(c2ccc(OC)cc2)C1C(=O)OCC. The summed E-state index contributed by atoms with van der Waals surface area (Å²) in [5.41, 5.74) is 1.12. The number of anilines is 1. The van der Waals surface area contributed by atoms with Crippen molar-refractivity contribution in [2.45, 2.75) is 19.9 Å². The maximum absolute atomic E-state index is 12.1. The molecule has 1 aliphatic heterocycles. The van der Waals surface area contributed by atoms with Crippen molar-refractivity contribution in [1.82, 2.24) is 0 Å². The van der Waals surface area contributed by atoms with E-state index in [1.54, 1.807) is 51.3 Å². The Labute approximate surface area is 117 Å². The summed E-state index contributed by atoms with van der Waals surface area (Å²) in [6.45, 7) is 3.77. The zero-order chi connectivity index (χ0) is 14.7. The lowest BCUT2D eigenvalue weighted by Gasteiger charge is -2.40. The van der Waals surface area contributed by atoms with Crippen LogP contribution in [0.15, 0.2) is 35.9 Å². The Bertz CT molecular complexity index is 547. The van der Waals surface area contributed by atoms with E-state index < -0.39 is 12.0 Å². The molecule has 5 heteroatoms. The van der Waals surface area contributed by atoms with Gasteiger partial charge in [0.2, 0.25) is 0 Å². The molecule has 0 saturated carbocycles. The molecule has 1 saturated heterocycles. The second-order valence-electron chi connectivity index (χ2n) is 4.27. The van der Waals surface area contributed by atoms with Gasteiger partial charge in [0.25, 0.3) is 5.91 Å². The molecule has 1 aromatic rings. The number of benzene rings is 1. The van der Waals surface area contributed by atoms with E-state index in [9.17, 15) is 9.59 Å². The van der Waals surface area contributed by atoms with E-state index in [0.29, 0.717) is 17.0 Å². The molecule has 1 aliphatic rings. The standard InChI is InChI=1S/C15H17NO4/c1-4-12-13(15(18)20-5-2)16(14(12)17)10-6-8-11(19-3)9-7-10/h4,6-9,13H,5H2,1-3H3/b12-4-. The minimum Gasteiger partial charge on any atom is -0.497 e. The Morgan fingerprint density at radius 1 is 1.35 bits per heavy atom. The Hall–Kier alpha value is -2.30. The number of ether oxygens (including phenoxy) is 2. The second-order valence-corrected chi connectivity index (χ2v) is 4.27. The summed E-state index contributed by atoms with van der Waals surface area (Å²) < 4.78 is 10.1. The molecular weight excluding hydrogens is 258 g/mol. The molecule has 1 unspecified atom stereocenters. The normalized spacial score (nSPS) is 19.8. The average molecular weight is 275 g/mol. The van der Waals surface area contributed by atoms with Gasteiger partial charge in [-0.05, 0) is 38.1 Å². The molecular formula is C15H17NO4. The molecule has 1 aromatic carbocycles. The van der Waals surface area contributed by atoms with Gasteiger partial charge in [-0.1, -0.05) is 6.08 Å². The number of carbonyl (C=O) groups excluding carboxylic acids is 2. The fourth-order valence-corrected chi connectivity index (χ4v) is 2.19. The largest absolute Gasteiger partial charge is 0.497 e. The van der Waals surface area contributed by atoms with Gasteiger partial charge in [-0.15, -0.1) is 0 Å². The van der Waals surface area contributed by atoms with Crippen LogP contribution in [-0.2, 0) is 14.3 Å². The van der Waals surface area contributed by atoms with Crippen molar-refractivity contribution in [2.24, 2.45) is 0 Å². The van der Waals surface area contributed by atoms with E-state index in [4.69, 9.17) is 9.47 Å². The Kier molecular flexibility index (Phi) is 4.08. The molecule has 0 N–H and O–H groups in total. The third kappa shape index (κ3) is 2.27. The highest BCUT2D eigenvalue weighted by molar-refractivity contribution is 6.21. The first-order valence-electron chi connectivity index (χ1n) is 6.44. The lowest BCUT2D eigenvalue weighted by molar-refractivity contribution is -0.147. The van der Waals surface area contributed by atoms with Crippen LogP contribution in [0.3, 0.4) is 0 Å². The summed E-state index contributed by atoms with van der Waals surface area (Å²) in [5, 5.41) is 0. The van der Waals surface area contributed by atoms with Crippen molar-refractivity contribution in [1.29, 1.82) is 0 Å². The van der Waals surface area contributed by atoms with Crippen LogP contribution in [0.4, 0.5) is 5.69 Å². The number of carbonyl (C=O) groups is 2. The van der Waals surface area contributed by atoms with E-state index >= 15 is 0 Å². The van der Waals surface area contributed by atoms with Gasteiger partial charge in [0.1, 0.15) is 5.75 Å². The van der Waals surface area contributed by atoms with Crippen LogP contribution in [0.5, 0.6) is 5.75 Å². The van der Waals surface area contributed by atoms with Gasteiger partial charge in [0.05, 0.1) is 13.7 Å². The molecule has 5 nitrogen and oxygen atoms in total. The predicted molar refractivity (Wildman–Crippen MR) is 74.7 cm³/mol. The Morgan fingerprint density at radius 2 is 2.00 bits per heavy atom. The number of hydrogen-bond donors (Lipinski definition) is 0. The van der Waals surface area contributed by atoms with Crippen molar-refractivity contribution in [3.05, 3.63) is 35.9 Å². The molecule has 20 heavy (non-hydrogen) atoms.